The number of hydrogen-bond acceptors (Lipinski definition) is 5. The van der Waals surface area contributed by atoms with Crippen molar-refractivity contribution in [3.05, 3.63) is 35.9 Å². The van der Waals surface area contributed by atoms with Crippen LogP contribution in [-0.2, 0) is 30.6 Å². The Morgan fingerprint density at radius 3 is 2.64 bits per heavy atom. The van der Waals surface area contributed by atoms with Gasteiger partial charge in [0.25, 0.3) is 0 Å². The van der Waals surface area contributed by atoms with Crippen LogP contribution in [0.15, 0.2) is 30.3 Å². The second kappa shape index (κ2) is 7.70. The molecule has 22 heavy (non-hydrogen) atoms. The van der Waals surface area contributed by atoms with Crippen LogP contribution in [0, 0.1) is 0 Å². The van der Waals surface area contributed by atoms with Crippen LogP contribution in [0.25, 0.3) is 0 Å². The number of esters is 1. The summed E-state index contributed by atoms with van der Waals surface area (Å²) < 4.78 is 4.44. The summed E-state index contributed by atoms with van der Waals surface area (Å²) in [6.07, 6.45) is 0.886. The van der Waals surface area contributed by atoms with E-state index in [1.54, 1.807) is 0 Å². The summed E-state index contributed by atoms with van der Waals surface area (Å²) in [5, 5.41) is 1.33. The SMILES string of the molecule is COC(=O)CC(=O)CCC1CC(=O)N1OCc1ccccc1. The van der Waals surface area contributed by atoms with E-state index in [0.29, 0.717) is 19.4 Å². The van der Waals surface area contributed by atoms with E-state index < -0.39 is 5.97 Å². The molecule has 6 nitrogen and oxygen atoms in total. The van der Waals surface area contributed by atoms with Gasteiger partial charge in [0.05, 0.1) is 19.6 Å². The third kappa shape index (κ3) is 4.39. The molecular formula is C16H19NO5. The Morgan fingerprint density at radius 1 is 1.27 bits per heavy atom. The number of carbonyl (C=O) groups is 3. The third-order valence-corrected chi connectivity index (χ3v) is 3.53. The molecule has 1 aromatic rings. The maximum Gasteiger partial charge on any atom is 0.313 e. The molecule has 1 aliphatic heterocycles. The van der Waals surface area contributed by atoms with Crippen LogP contribution >= 0.6 is 0 Å². The molecule has 0 radical (unpaired) electrons. The fourth-order valence-electron chi connectivity index (χ4n) is 2.23. The second-order valence-electron chi connectivity index (χ2n) is 5.17. The van der Waals surface area contributed by atoms with Gasteiger partial charge < -0.3 is 4.74 Å². The number of hydrogen-bond donors (Lipinski definition) is 0. The lowest BCUT2D eigenvalue weighted by molar-refractivity contribution is -0.234. The first-order chi connectivity index (χ1) is 10.6. The Labute approximate surface area is 129 Å². The minimum absolute atomic E-state index is 0.0821. The molecular weight excluding hydrogens is 286 g/mol. The summed E-state index contributed by atoms with van der Waals surface area (Å²) in [5.41, 5.74) is 0.975. The average Bonchev–Trinajstić information content (AvgIpc) is 2.52. The Morgan fingerprint density at radius 2 is 2.00 bits per heavy atom. The van der Waals surface area contributed by atoms with Crippen molar-refractivity contribution in [1.82, 2.24) is 5.06 Å². The average molecular weight is 305 g/mol. The fourth-order valence-corrected chi connectivity index (χ4v) is 2.23. The molecule has 1 heterocycles. The van der Waals surface area contributed by atoms with E-state index >= 15 is 0 Å². The van der Waals surface area contributed by atoms with E-state index in [1.807, 2.05) is 30.3 Å². The van der Waals surface area contributed by atoms with Crippen molar-refractivity contribution >= 4 is 17.7 Å². The number of carbonyl (C=O) groups excluding carboxylic acids is 3. The van der Waals surface area contributed by atoms with Gasteiger partial charge in [-0.25, -0.2) is 5.06 Å². The predicted octanol–water partition coefficient (Wildman–Crippen LogP) is 1.63. The van der Waals surface area contributed by atoms with Gasteiger partial charge in [-0.1, -0.05) is 30.3 Å². The highest BCUT2D eigenvalue weighted by Gasteiger charge is 2.37. The van der Waals surface area contributed by atoms with Gasteiger partial charge in [0.1, 0.15) is 18.8 Å². The zero-order valence-corrected chi connectivity index (χ0v) is 12.5. The molecule has 0 bridgehead atoms. The standard InChI is InChI=1S/C16H19NO5/c1-21-16(20)10-14(18)8-7-13-9-15(19)17(13)22-11-12-5-3-2-4-6-12/h2-6,13H,7-11H2,1H3. The first-order valence-corrected chi connectivity index (χ1v) is 7.17. The number of ketones is 1. The minimum atomic E-state index is -0.535. The largest absolute Gasteiger partial charge is 0.469 e. The van der Waals surface area contributed by atoms with Crippen molar-refractivity contribution in [1.29, 1.82) is 0 Å². The van der Waals surface area contributed by atoms with Crippen LogP contribution in [0.3, 0.4) is 0 Å². The first kappa shape index (κ1) is 16.2. The number of Topliss-reactive ketones (excluding diaryl/α,β-unsaturated/α-hetero) is 1. The number of β-lactam (4-membered cyclic amide) rings is 1. The van der Waals surface area contributed by atoms with E-state index in [-0.39, 0.29) is 30.6 Å². The number of benzene rings is 1. The molecule has 0 aliphatic carbocycles. The molecule has 1 aromatic carbocycles. The van der Waals surface area contributed by atoms with Crippen molar-refractivity contribution in [2.45, 2.75) is 38.3 Å². The summed E-state index contributed by atoms with van der Waals surface area (Å²) in [5.74, 6) is -0.803. The van der Waals surface area contributed by atoms with E-state index in [0.717, 1.165) is 5.56 Å². The van der Waals surface area contributed by atoms with Crippen LogP contribution < -0.4 is 0 Å². The molecule has 0 saturated carbocycles. The summed E-state index contributed by atoms with van der Waals surface area (Å²) in [6.45, 7) is 0.319. The van der Waals surface area contributed by atoms with E-state index in [1.165, 1.54) is 12.2 Å². The molecule has 1 unspecified atom stereocenters. The fraction of sp³-hybridized carbons (Fsp3) is 0.438. The van der Waals surface area contributed by atoms with Gasteiger partial charge in [0, 0.05) is 6.42 Å². The lowest BCUT2D eigenvalue weighted by Gasteiger charge is -2.38. The van der Waals surface area contributed by atoms with Gasteiger partial charge in [-0.3, -0.25) is 19.2 Å². The highest BCUT2D eigenvalue weighted by atomic mass is 16.7. The lowest BCUT2D eigenvalue weighted by Crippen LogP contribution is -2.52. The number of ether oxygens (including phenoxy) is 1. The maximum atomic E-state index is 11.6. The highest BCUT2D eigenvalue weighted by Crippen LogP contribution is 2.25. The molecule has 1 aliphatic rings. The zero-order valence-electron chi connectivity index (χ0n) is 12.5. The minimum Gasteiger partial charge on any atom is -0.469 e. The first-order valence-electron chi connectivity index (χ1n) is 7.17. The molecule has 1 fully saturated rings. The normalized spacial score (nSPS) is 17.0. The molecule has 0 N–H and O–H groups in total. The van der Waals surface area contributed by atoms with Crippen molar-refractivity contribution in [3.63, 3.8) is 0 Å². The number of nitrogens with zero attached hydrogens (tertiary/aromatic N) is 1. The summed E-state index contributed by atoms with van der Waals surface area (Å²) in [7, 11) is 1.25. The van der Waals surface area contributed by atoms with Gasteiger partial charge >= 0.3 is 5.97 Å². The van der Waals surface area contributed by atoms with Crippen molar-refractivity contribution in [2.24, 2.45) is 0 Å². The van der Waals surface area contributed by atoms with Gasteiger partial charge in [-0.15, -0.1) is 0 Å². The molecule has 2 rings (SSSR count). The van der Waals surface area contributed by atoms with Gasteiger partial charge in [0.2, 0.25) is 5.91 Å². The third-order valence-electron chi connectivity index (χ3n) is 3.53. The lowest BCUT2D eigenvalue weighted by atomic mass is 9.98. The maximum absolute atomic E-state index is 11.6. The second-order valence-corrected chi connectivity index (χ2v) is 5.17. The van der Waals surface area contributed by atoms with Gasteiger partial charge in [-0.05, 0) is 12.0 Å². The monoisotopic (exact) mass is 305 g/mol. The molecule has 1 saturated heterocycles. The Bertz CT molecular complexity index is 543. The van der Waals surface area contributed by atoms with E-state index in [4.69, 9.17) is 4.84 Å². The Hall–Kier alpha value is -2.21. The zero-order chi connectivity index (χ0) is 15.9. The van der Waals surface area contributed by atoms with Gasteiger partial charge in [0.15, 0.2) is 0 Å². The van der Waals surface area contributed by atoms with E-state index in [2.05, 4.69) is 4.74 Å². The van der Waals surface area contributed by atoms with Crippen LogP contribution in [0.2, 0.25) is 0 Å². The number of rotatable bonds is 8. The topological polar surface area (TPSA) is 72.9 Å². The molecule has 6 heteroatoms. The number of amides is 1. The van der Waals surface area contributed by atoms with E-state index in [9.17, 15) is 14.4 Å². The molecule has 0 aromatic heterocycles. The molecule has 118 valence electrons. The van der Waals surface area contributed by atoms with Crippen LogP contribution in [0.1, 0.15) is 31.2 Å². The Kier molecular flexibility index (Phi) is 5.66. The molecule has 1 amide bonds. The molecule has 1 atom stereocenters. The molecule has 0 spiro atoms. The summed E-state index contributed by atoms with van der Waals surface area (Å²) >= 11 is 0. The van der Waals surface area contributed by atoms with Crippen LogP contribution in [0.5, 0.6) is 0 Å². The summed E-state index contributed by atoms with van der Waals surface area (Å²) in [4.78, 5) is 39.7. The Balaban J connectivity index is 1.74. The predicted molar refractivity (Wildman–Crippen MR) is 77.4 cm³/mol. The van der Waals surface area contributed by atoms with Crippen molar-refractivity contribution < 1.29 is 24.0 Å². The number of hydroxylamine groups is 2. The van der Waals surface area contributed by atoms with Crippen molar-refractivity contribution in [2.75, 3.05) is 7.11 Å². The summed E-state index contributed by atoms with van der Waals surface area (Å²) in [6, 6.07) is 9.45. The quantitative estimate of drug-likeness (QED) is 0.415. The van der Waals surface area contributed by atoms with Crippen LogP contribution in [0.4, 0.5) is 0 Å². The van der Waals surface area contributed by atoms with Gasteiger partial charge in [-0.2, -0.15) is 0 Å². The van der Waals surface area contributed by atoms with Crippen LogP contribution in [-0.4, -0.2) is 35.9 Å². The highest BCUT2D eigenvalue weighted by molar-refractivity contribution is 5.95. The number of methoxy groups -OCH3 is 1. The smallest absolute Gasteiger partial charge is 0.313 e. The van der Waals surface area contributed by atoms with Crippen molar-refractivity contribution in [3.8, 4) is 0 Å².